The molecule has 7 unspecified atom stereocenters. The SMILES string of the molecule is C=C1CCC2C(CNC(=O)C(F)(F)F)C(C3(C)CCC(O)CC3CO)CCC12C. The van der Waals surface area contributed by atoms with Crippen LogP contribution in [0.2, 0.25) is 0 Å². The van der Waals surface area contributed by atoms with E-state index in [4.69, 9.17) is 0 Å². The zero-order valence-electron chi connectivity index (χ0n) is 17.4. The molecule has 3 aliphatic rings. The van der Waals surface area contributed by atoms with Crippen molar-refractivity contribution < 1.29 is 28.2 Å². The van der Waals surface area contributed by atoms with E-state index < -0.39 is 18.2 Å². The van der Waals surface area contributed by atoms with Crippen molar-refractivity contribution in [1.29, 1.82) is 0 Å². The Hall–Kier alpha value is -1.08. The van der Waals surface area contributed by atoms with Crippen molar-refractivity contribution in [2.75, 3.05) is 13.2 Å². The number of hydrogen-bond acceptors (Lipinski definition) is 3. The maximum absolute atomic E-state index is 12.8. The van der Waals surface area contributed by atoms with Gasteiger partial charge in [0.15, 0.2) is 0 Å². The second-order valence-electron chi connectivity index (χ2n) is 10.00. The lowest BCUT2D eigenvalue weighted by Gasteiger charge is -2.56. The van der Waals surface area contributed by atoms with Crippen LogP contribution in [0.15, 0.2) is 12.2 Å². The second kappa shape index (κ2) is 7.88. The van der Waals surface area contributed by atoms with E-state index in [1.165, 1.54) is 0 Å². The fourth-order valence-corrected chi connectivity index (χ4v) is 6.78. The molecule has 3 saturated carbocycles. The third-order valence-electron chi connectivity index (χ3n) is 8.72. The van der Waals surface area contributed by atoms with Gasteiger partial charge in [-0.1, -0.05) is 26.0 Å². The highest BCUT2D eigenvalue weighted by Gasteiger charge is 2.57. The molecule has 7 atom stereocenters. The van der Waals surface area contributed by atoms with Gasteiger partial charge >= 0.3 is 12.1 Å². The van der Waals surface area contributed by atoms with Gasteiger partial charge in [0.2, 0.25) is 0 Å². The third kappa shape index (κ3) is 3.97. The molecular weight excluding hydrogens is 383 g/mol. The Morgan fingerprint density at radius 3 is 2.52 bits per heavy atom. The van der Waals surface area contributed by atoms with Gasteiger partial charge in [0, 0.05) is 13.2 Å². The molecule has 1 amide bonds. The predicted octanol–water partition coefficient (Wildman–Crippen LogP) is 3.82. The first-order valence-corrected chi connectivity index (χ1v) is 10.8. The summed E-state index contributed by atoms with van der Waals surface area (Å²) in [5.74, 6) is -1.82. The highest BCUT2D eigenvalue weighted by Crippen LogP contribution is 2.63. The molecule has 3 N–H and O–H groups in total. The van der Waals surface area contributed by atoms with Gasteiger partial charge in [0.25, 0.3) is 0 Å². The first kappa shape index (κ1) is 22.6. The molecule has 0 aromatic carbocycles. The molecule has 0 aromatic rings. The van der Waals surface area contributed by atoms with E-state index >= 15 is 0 Å². The molecular formula is C22H34F3NO3. The van der Waals surface area contributed by atoms with E-state index in [2.05, 4.69) is 25.7 Å². The minimum Gasteiger partial charge on any atom is -0.396 e. The first-order valence-electron chi connectivity index (χ1n) is 10.8. The number of rotatable bonds is 4. The quantitative estimate of drug-likeness (QED) is 0.609. The zero-order valence-corrected chi connectivity index (χ0v) is 17.4. The van der Waals surface area contributed by atoms with E-state index in [-0.39, 0.29) is 47.7 Å². The Kier molecular flexibility index (Phi) is 6.14. The van der Waals surface area contributed by atoms with Gasteiger partial charge < -0.3 is 15.5 Å². The molecule has 0 bridgehead atoms. The first-order chi connectivity index (χ1) is 13.4. The Morgan fingerprint density at radius 1 is 1.21 bits per heavy atom. The van der Waals surface area contributed by atoms with Gasteiger partial charge in [-0.05, 0) is 79.4 Å². The number of aliphatic hydroxyl groups is 2. The topological polar surface area (TPSA) is 69.6 Å². The molecule has 0 saturated heterocycles. The molecule has 0 aromatic heterocycles. The van der Waals surface area contributed by atoms with E-state index in [1.54, 1.807) is 0 Å². The van der Waals surface area contributed by atoms with E-state index in [0.29, 0.717) is 12.8 Å². The number of nitrogens with one attached hydrogen (secondary N) is 1. The Bertz CT molecular complexity index is 652. The molecule has 4 nitrogen and oxygen atoms in total. The van der Waals surface area contributed by atoms with Crippen molar-refractivity contribution in [3.63, 3.8) is 0 Å². The number of aliphatic hydroxyl groups excluding tert-OH is 2. The number of allylic oxidation sites excluding steroid dienone is 1. The summed E-state index contributed by atoms with van der Waals surface area (Å²) in [5, 5.41) is 22.3. The van der Waals surface area contributed by atoms with Crippen LogP contribution < -0.4 is 5.32 Å². The largest absolute Gasteiger partial charge is 0.471 e. The Morgan fingerprint density at radius 2 is 1.90 bits per heavy atom. The molecule has 3 aliphatic carbocycles. The molecule has 3 fully saturated rings. The van der Waals surface area contributed by atoms with Gasteiger partial charge in [0.05, 0.1) is 6.10 Å². The van der Waals surface area contributed by atoms with E-state index in [1.807, 2.05) is 0 Å². The minimum absolute atomic E-state index is 0.00710. The number of alkyl halides is 3. The zero-order chi connectivity index (χ0) is 21.6. The highest BCUT2D eigenvalue weighted by molar-refractivity contribution is 5.81. The second-order valence-corrected chi connectivity index (χ2v) is 10.00. The summed E-state index contributed by atoms with van der Waals surface area (Å²) < 4.78 is 38.4. The van der Waals surface area contributed by atoms with Crippen molar-refractivity contribution in [1.82, 2.24) is 5.32 Å². The number of hydrogen-bond donors (Lipinski definition) is 3. The number of fused-ring (bicyclic) bond motifs is 1. The molecule has 166 valence electrons. The fraction of sp³-hybridized carbons (Fsp3) is 0.864. The average Bonchev–Trinajstić information content (AvgIpc) is 2.95. The Balaban J connectivity index is 1.90. The molecule has 3 rings (SSSR count). The maximum Gasteiger partial charge on any atom is 0.471 e. The van der Waals surface area contributed by atoms with Crippen LogP contribution in [0.1, 0.15) is 58.8 Å². The molecule has 29 heavy (non-hydrogen) atoms. The maximum atomic E-state index is 12.8. The predicted molar refractivity (Wildman–Crippen MR) is 104 cm³/mol. The lowest BCUT2D eigenvalue weighted by Crippen LogP contribution is -2.54. The van der Waals surface area contributed by atoms with Crippen molar-refractivity contribution in [3.05, 3.63) is 12.2 Å². The highest BCUT2D eigenvalue weighted by atomic mass is 19.4. The number of carbonyl (C=O) groups is 1. The van der Waals surface area contributed by atoms with Crippen molar-refractivity contribution in [2.45, 2.75) is 71.1 Å². The Labute approximate surface area is 170 Å². The molecule has 0 aliphatic heterocycles. The minimum atomic E-state index is -4.89. The summed E-state index contributed by atoms with van der Waals surface area (Å²) in [5.41, 5.74) is 0.784. The summed E-state index contributed by atoms with van der Waals surface area (Å²) in [6.45, 7) is 8.47. The van der Waals surface area contributed by atoms with E-state index in [0.717, 1.165) is 37.7 Å². The van der Waals surface area contributed by atoms with Crippen LogP contribution in [0.5, 0.6) is 0 Å². The number of carbonyl (C=O) groups excluding carboxylic acids is 1. The summed E-state index contributed by atoms with van der Waals surface area (Å²) in [7, 11) is 0. The summed E-state index contributed by atoms with van der Waals surface area (Å²) in [4.78, 5) is 11.5. The van der Waals surface area contributed by atoms with Crippen molar-refractivity contribution in [2.24, 2.45) is 34.5 Å². The van der Waals surface area contributed by atoms with Crippen molar-refractivity contribution >= 4 is 5.91 Å². The molecule has 0 spiro atoms. The van der Waals surface area contributed by atoms with Crippen LogP contribution in [0.25, 0.3) is 0 Å². The van der Waals surface area contributed by atoms with E-state index in [9.17, 15) is 28.2 Å². The van der Waals surface area contributed by atoms with Crippen LogP contribution in [-0.4, -0.2) is 41.6 Å². The number of amides is 1. The lowest BCUT2D eigenvalue weighted by molar-refractivity contribution is -0.174. The molecule has 7 heteroatoms. The van der Waals surface area contributed by atoms with Gasteiger partial charge in [-0.3, -0.25) is 4.79 Å². The van der Waals surface area contributed by atoms with Gasteiger partial charge in [-0.15, -0.1) is 0 Å². The van der Waals surface area contributed by atoms with Crippen LogP contribution in [0.3, 0.4) is 0 Å². The normalized spacial score (nSPS) is 43.1. The summed E-state index contributed by atoms with van der Waals surface area (Å²) in [6.07, 6.45) is 0.0700. The number of halogens is 3. The summed E-state index contributed by atoms with van der Waals surface area (Å²) in [6, 6.07) is 0. The smallest absolute Gasteiger partial charge is 0.396 e. The van der Waals surface area contributed by atoms with Gasteiger partial charge in [-0.2, -0.15) is 13.2 Å². The fourth-order valence-electron chi connectivity index (χ4n) is 6.78. The van der Waals surface area contributed by atoms with Crippen LogP contribution in [0, 0.1) is 34.5 Å². The molecule has 0 radical (unpaired) electrons. The summed E-state index contributed by atoms with van der Waals surface area (Å²) >= 11 is 0. The van der Waals surface area contributed by atoms with Gasteiger partial charge in [-0.25, -0.2) is 0 Å². The molecule has 0 heterocycles. The lowest BCUT2D eigenvalue weighted by atomic mass is 9.49. The monoisotopic (exact) mass is 417 g/mol. The van der Waals surface area contributed by atoms with Crippen LogP contribution in [-0.2, 0) is 4.79 Å². The third-order valence-corrected chi connectivity index (χ3v) is 8.72. The van der Waals surface area contributed by atoms with Crippen LogP contribution in [0.4, 0.5) is 13.2 Å². The van der Waals surface area contributed by atoms with Crippen molar-refractivity contribution in [3.8, 4) is 0 Å². The van der Waals surface area contributed by atoms with Crippen LogP contribution >= 0.6 is 0 Å². The average molecular weight is 418 g/mol. The van der Waals surface area contributed by atoms with Gasteiger partial charge in [0.1, 0.15) is 0 Å². The standard InChI is InChI=1S/C22H34F3NO3/c1-13-4-5-17-16(11-26-19(29)22(23,24)25)18(7-9-20(13,17)2)21(3)8-6-15(28)10-14(21)12-27/h14-18,27-28H,1,4-12H2,2-3H3,(H,26,29).